The molecule has 0 aromatic carbocycles. The van der Waals surface area contributed by atoms with E-state index in [4.69, 9.17) is 4.74 Å². The Morgan fingerprint density at radius 3 is 2.55 bits per heavy atom. The largest absolute Gasteiger partial charge is 0.390 e. The van der Waals surface area contributed by atoms with Crippen molar-refractivity contribution in [3.8, 4) is 0 Å². The molecule has 7 heteroatoms. The third kappa shape index (κ3) is 4.90. The molecule has 0 fully saturated rings. The first-order chi connectivity index (χ1) is 9.02. The summed E-state index contributed by atoms with van der Waals surface area (Å²) in [6.45, 7) is 7.97. The number of ether oxygens (including phenoxy) is 1. The molecular formula is C13H25N4O3+. The highest BCUT2D eigenvalue weighted by molar-refractivity contribution is 5.26. The van der Waals surface area contributed by atoms with Crippen LogP contribution in [0.3, 0.4) is 0 Å². The fourth-order valence-electron chi connectivity index (χ4n) is 1.86. The minimum atomic E-state index is -0.430. The molecule has 0 bridgehead atoms. The molecule has 0 N–H and O–H groups in total. The van der Waals surface area contributed by atoms with Crippen LogP contribution in [0.4, 0.5) is 5.82 Å². The van der Waals surface area contributed by atoms with Gasteiger partial charge in [0.2, 0.25) is 6.33 Å². The standard InChI is InChI=1S/C13H25N4O3/c1-13(2,3)20-8-7-17(5,6)9-11-12(16(18)19)14-10-15(11)4/h10H,7-9H2,1-6H3/q+1. The van der Waals surface area contributed by atoms with Crippen molar-refractivity contribution in [2.24, 2.45) is 7.05 Å². The van der Waals surface area contributed by atoms with Gasteiger partial charge < -0.3 is 23.9 Å². The Bertz CT molecular complexity index is 474. The normalized spacial score (nSPS) is 12.7. The van der Waals surface area contributed by atoms with Crippen molar-refractivity contribution in [2.45, 2.75) is 32.9 Å². The lowest BCUT2D eigenvalue weighted by Crippen LogP contribution is -2.43. The number of quaternary nitrogens is 1. The van der Waals surface area contributed by atoms with Gasteiger partial charge in [-0.2, -0.15) is 0 Å². The molecule has 1 aromatic rings. The Balaban J connectivity index is 2.71. The van der Waals surface area contributed by atoms with E-state index < -0.39 is 4.92 Å². The first-order valence-electron chi connectivity index (χ1n) is 6.62. The van der Waals surface area contributed by atoms with E-state index in [9.17, 15) is 10.1 Å². The Hall–Kier alpha value is -1.47. The maximum atomic E-state index is 11.0. The van der Waals surface area contributed by atoms with Crippen molar-refractivity contribution in [2.75, 3.05) is 27.2 Å². The van der Waals surface area contributed by atoms with Crippen LogP contribution in [-0.2, 0) is 18.3 Å². The quantitative estimate of drug-likeness (QED) is 0.453. The maximum absolute atomic E-state index is 11.0. The molecular weight excluding hydrogens is 260 g/mol. The van der Waals surface area contributed by atoms with E-state index in [2.05, 4.69) is 4.98 Å². The second-order valence-electron chi connectivity index (χ2n) is 6.66. The summed E-state index contributed by atoms with van der Waals surface area (Å²) < 4.78 is 8.04. The zero-order valence-electron chi connectivity index (χ0n) is 13.2. The van der Waals surface area contributed by atoms with Gasteiger partial charge in [0.15, 0.2) is 5.69 Å². The fourth-order valence-corrected chi connectivity index (χ4v) is 1.86. The highest BCUT2D eigenvalue weighted by atomic mass is 16.6. The topological polar surface area (TPSA) is 70.2 Å². The van der Waals surface area contributed by atoms with Crippen LogP contribution in [-0.4, -0.2) is 51.8 Å². The first-order valence-corrected chi connectivity index (χ1v) is 6.62. The molecule has 0 unspecified atom stereocenters. The molecule has 0 saturated carbocycles. The predicted molar refractivity (Wildman–Crippen MR) is 76.2 cm³/mol. The number of aromatic nitrogens is 2. The summed E-state index contributed by atoms with van der Waals surface area (Å²) in [5.74, 6) is -0.0598. The van der Waals surface area contributed by atoms with Gasteiger partial charge in [-0.1, -0.05) is 0 Å². The van der Waals surface area contributed by atoms with Crippen LogP contribution < -0.4 is 0 Å². The molecule has 114 valence electrons. The molecule has 1 rings (SSSR count). The van der Waals surface area contributed by atoms with Gasteiger partial charge in [0.1, 0.15) is 13.1 Å². The second-order valence-corrected chi connectivity index (χ2v) is 6.66. The van der Waals surface area contributed by atoms with Crippen LogP contribution in [0.25, 0.3) is 0 Å². The monoisotopic (exact) mass is 285 g/mol. The van der Waals surface area contributed by atoms with E-state index in [0.717, 1.165) is 6.54 Å². The first kappa shape index (κ1) is 16.6. The lowest BCUT2D eigenvalue weighted by Gasteiger charge is -2.30. The van der Waals surface area contributed by atoms with E-state index >= 15 is 0 Å². The number of aryl methyl sites for hydroxylation is 1. The van der Waals surface area contributed by atoms with Crippen molar-refractivity contribution in [3.05, 3.63) is 22.1 Å². The van der Waals surface area contributed by atoms with E-state index in [0.29, 0.717) is 23.3 Å². The van der Waals surface area contributed by atoms with Crippen LogP contribution in [0.2, 0.25) is 0 Å². The van der Waals surface area contributed by atoms with Gasteiger partial charge in [-0.25, -0.2) is 0 Å². The summed E-state index contributed by atoms with van der Waals surface area (Å²) in [5, 5.41) is 11.0. The molecule has 1 aromatic heterocycles. The van der Waals surface area contributed by atoms with Gasteiger partial charge in [0.05, 0.1) is 26.3 Å². The van der Waals surface area contributed by atoms with Gasteiger partial charge >= 0.3 is 5.82 Å². The molecule has 1 heterocycles. The van der Waals surface area contributed by atoms with Crippen LogP contribution >= 0.6 is 0 Å². The number of likely N-dealkylation sites (N-methyl/N-ethyl adjacent to an activating group) is 1. The number of hydrogen-bond acceptors (Lipinski definition) is 4. The molecule has 0 aliphatic heterocycles. The van der Waals surface area contributed by atoms with Crippen molar-refractivity contribution in [1.29, 1.82) is 0 Å². The molecule has 7 nitrogen and oxygen atoms in total. The molecule has 0 aliphatic rings. The second kappa shape index (κ2) is 5.88. The molecule has 0 saturated heterocycles. The third-order valence-corrected chi connectivity index (χ3v) is 3.02. The van der Waals surface area contributed by atoms with Gasteiger partial charge in [-0.3, -0.25) is 0 Å². The molecule has 0 spiro atoms. The summed E-state index contributed by atoms with van der Waals surface area (Å²) in [5.41, 5.74) is 0.467. The summed E-state index contributed by atoms with van der Waals surface area (Å²) in [6.07, 6.45) is 1.49. The average molecular weight is 285 g/mol. The molecule has 20 heavy (non-hydrogen) atoms. The van der Waals surface area contributed by atoms with E-state index in [1.165, 1.54) is 6.33 Å². The highest BCUT2D eigenvalue weighted by Crippen LogP contribution is 2.19. The summed E-state index contributed by atoms with van der Waals surface area (Å²) >= 11 is 0. The minimum Gasteiger partial charge on any atom is -0.370 e. The van der Waals surface area contributed by atoms with E-state index in [-0.39, 0.29) is 11.4 Å². The van der Waals surface area contributed by atoms with E-state index in [1.54, 1.807) is 11.6 Å². The van der Waals surface area contributed by atoms with E-state index in [1.807, 2.05) is 34.9 Å². The summed E-state index contributed by atoms with van der Waals surface area (Å²) in [4.78, 5) is 14.4. The smallest absolute Gasteiger partial charge is 0.370 e. The third-order valence-electron chi connectivity index (χ3n) is 3.02. The number of rotatable bonds is 6. The van der Waals surface area contributed by atoms with Crippen LogP contribution in [0, 0.1) is 10.1 Å². The van der Waals surface area contributed by atoms with Gasteiger partial charge in [0, 0.05) is 7.05 Å². The number of nitrogens with zero attached hydrogens (tertiary/aromatic N) is 4. The molecule has 0 atom stereocenters. The predicted octanol–water partition coefficient (Wildman–Crippen LogP) is 1.72. The molecule has 0 radical (unpaired) electrons. The molecule has 0 aliphatic carbocycles. The highest BCUT2D eigenvalue weighted by Gasteiger charge is 2.27. The Morgan fingerprint density at radius 1 is 1.45 bits per heavy atom. The zero-order chi connectivity index (χ0) is 15.6. The van der Waals surface area contributed by atoms with Gasteiger partial charge in [-0.15, -0.1) is 0 Å². The van der Waals surface area contributed by atoms with Crippen LogP contribution in [0.15, 0.2) is 6.33 Å². The van der Waals surface area contributed by atoms with Crippen molar-refractivity contribution in [1.82, 2.24) is 9.55 Å². The maximum Gasteiger partial charge on any atom is 0.390 e. The fraction of sp³-hybridized carbons (Fsp3) is 0.769. The average Bonchev–Trinajstić information content (AvgIpc) is 2.57. The Morgan fingerprint density at radius 2 is 2.05 bits per heavy atom. The van der Waals surface area contributed by atoms with Crippen molar-refractivity contribution < 1.29 is 14.1 Å². The zero-order valence-corrected chi connectivity index (χ0v) is 13.2. The minimum absolute atomic E-state index is 0.0598. The lowest BCUT2D eigenvalue weighted by atomic mass is 10.2. The number of nitro groups is 1. The Labute approximate surface area is 119 Å². The lowest BCUT2D eigenvalue weighted by molar-refractivity contribution is -0.904. The van der Waals surface area contributed by atoms with Gasteiger partial charge in [0.25, 0.3) is 0 Å². The Kier molecular flexibility index (Phi) is 4.88. The van der Waals surface area contributed by atoms with Gasteiger partial charge in [-0.05, 0) is 30.7 Å². The molecule has 0 amide bonds. The number of hydrogen-bond donors (Lipinski definition) is 0. The van der Waals surface area contributed by atoms with Crippen LogP contribution in [0.5, 0.6) is 0 Å². The summed E-state index contributed by atoms with van der Waals surface area (Å²) in [6, 6.07) is 0. The number of imidazole rings is 1. The summed E-state index contributed by atoms with van der Waals surface area (Å²) in [7, 11) is 5.84. The SMILES string of the molecule is Cn1cnc([N+](=O)[O-])c1C[N+](C)(C)CCOC(C)(C)C. The van der Waals surface area contributed by atoms with Crippen LogP contribution in [0.1, 0.15) is 26.5 Å². The van der Waals surface area contributed by atoms with Crippen molar-refractivity contribution in [3.63, 3.8) is 0 Å². The van der Waals surface area contributed by atoms with Crippen molar-refractivity contribution >= 4 is 5.82 Å².